The lowest BCUT2D eigenvalue weighted by atomic mass is 10.2. The van der Waals surface area contributed by atoms with Gasteiger partial charge in [-0.2, -0.15) is 13.2 Å². The summed E-state index contributed by atoms with van der Waals surface area (Å²) in [5.41, 5.74) is 0.792. The van der Waals surface area contributed by atoms with Gasteiger partial charge >= 0.3 is 12.2 Å². The lowest BCUT2D eigenvalue weighted by Crippen LogP contribution is -2.05. The van der Waals surface area contributed by atoms with Gasteiger partial charge in [0.25, 0.3) is 0 Å². The molecule has 0 aliphatic carbocycles. The summed E-state index contributed by atoms with van der Waals surface area (Å²) in [4.78, 5) is 16.6. The highest BCUT2D eigenvalue weighted by molar-refractivity contribution is 5.74. The molecule has 2 aromatic heterocycles. The van der Waals surface area contributed by atoms with Crippen LogP contribution in [0.2, 0.25) is 0 Å². The molecule has 0 amide bonds. The monoisotopic (exact) mass is 361 g/mol. The molecule has 0 saturated heterocycles. The Morgan fingerprint density at radius 2 is 1.62 bits per heavy atom. The minimum absolute atomic E-state index is 0.248. The molecule has 2 heterocycles. The number of alkyl halides is 3. The second-order valence-electron chi connectivity index (χ2n) is 5.14. The highest BCUT2D eigenvalue weighted by Crippen LogP contribution is 2.31. The topological polar surface area (TPSA) is 72.8 Å². The van der Waals surface area contributed by atoms with E-state index in [-0.39, 0.29) is 6.01 Å². The van der Waals surface area contributed by atoms with Crippen molar-refractivity contribution in [2.45, 2.75) is 13.1 Å². The molecule has 0 unspecified atom stereocenters. The van der Waals surface area contributed by atoms with Crippen LogP contribution in [0.15, 0.2) is 49.1 Å². The van der Waals surface area contributed by atoms with Gasteiger partial charge in [0, 0.05) is 36.0 Å². The number of nitrogens with zero attached hydrogens (tertiary/aromatic N) is 4. The normalized spacial score (nSPS) is 11.2. The number of hydrogen-bond acceptors (Lipinski definition) is 6. The SMILES string of the molecule is CCOc1ncc(-c2nccnc2Nc2ccc(C(F)(F)F)cc2)cn1. The van der Waals surface area contributed by atoms with E-state index in [9.17, 15) is 13.2 Å². The number of halogens is 3. The smallest absolute Gasteiger partial charge is 0.416 e. The second kappa shape index (κ2) is 7.34. The van der Waals surface area contributed by atoms with E-state index < -0.39 is 11.7 Å². The summed E-state index contributed by atoms with van der Waals surface area (Å²) in [7, 11) is 0. The predicted octanol–water partition coefficient (Wildman–Crippen LogP) is 4.09. The molecule has 0 spiro atoms. The van der Waals surface area contributed by atoms with E-state index in [4.69, 9.17) is 4.74 Å². The molecule has 0 radical (unpaired) electrons. The van der Waals surface area contributed by atoms with Crippen LogP contribution in [0.1, 0.15) is 12.5 Å². The summed E-state index contributed by atoms with van der Waals surface area (Å²) in [6.45, 7) is 2.28. The Kier molecular flexibility index (Phi) is 4.97. The summed E-state index contributed by atoms with van der Waals surface area (Å²) in [6.07, 6.45) is 1.69. The molecule has 0 fully saturated rings. The van der Waals surface area contributed by atoms with Gasteiger partial charge in [0.05, 0.1) is 12.2 Å². The molecule has 1 N–H and O–H groups in total. The van der Waals surface area contributed by atoms with Gasteiger partial charge in [0.1, 0.15) is 5.69 Å². The molecular weight excluding hydrogens is 347 g/mol. The third-order valence-corrected chi connectivity index (χ3v) is 3.35. The van der Waals surface area contributed by atoms with E-state index in [1.54, 1.807) is 12.4 Å². The predicted molar refractivity (Wildman–Crippen MR) is 89.0 cm³/mol. The van der Waals surface area contributed by atoms with Crippen LogP contribution in [0.5, 0.6) is 6.01 Å². The first-order chi connectivity index (χ1) is 12.5. The quantitative estimate of drug-likeness (QED) is 0.738. The van der Waals surface area contributed by atoms with Crippen molar-refractivity contribution in [1.29, 1.82) is 0 Å². The maximum absolute atomic E-state index is 12.7. The number of hydrogen-bond donors (Lipinski definition) is 1. The number of ether oxygens (including phenoxy) is 1. The zero-order valence-electron chi connectivity index (χ0n) is 13.7. The number of anilines is 2. The van der Waals surface area contributed by atoms with Gasteiger partial charge in [-0.25, -0.2) is 15.0 Å². The van der Waals surface area contributed by atoms with Crippen molar-refractivity contribution in [3.63, 3.8) is 0 Å². The van der Waals surface area contributed by atoms with Gasteiger partial charge in [-0.1, -0.05) is 0 Å². The first kappa shape index (κ1) is 17.6. The fourth-order valence-corrected chi connectivity index (χ4v) is 2.16. The minimum atomic E-state index is -4.38. The zero-order chi connectivity index (χ0) is 18.6. The zero-order valence-corrected chi connectivity index (χ0v) is 13.7. The van der Waals surface area contributed by atoms with Crippen LogP contribution in [-0.4, -0.2) is 26.5 Å². The van der Waals surface area contributed by atoms with Gasteiger partial charge in [0.2, 0.25) is 0 Å². The van der Waals surface area contributed by atoms with Crippen LogP contribution < -0.4 is 10.1 Å². The first-order valence-electron chi connectivity index (χ1n) is 7.68. The number of nitrogens with one attached hydrogen (secondary N) is 1. The summed E-state index contributed by atoms with van der Waals surface area (Å²) >= 11 is 0. The van der Waals surface area contributed by atoms with Crippen LogP contribution in [0.25, 0.3) is 11.3 Å². The van der Waals surface area contributed by atoms with Crippen LogP contribution >= 0.6 is 0 Å². The van der Waals surface area contributed by atoms with Crippen molar-refractivity contribution >= 4 is 11.5 Å². The largest absolute Gasteiger partial charge is 0.464 e. The summed E-state index contributed by atoms with van der Waals surface area (Å²) < 4.78 is 43.2. The van der Waals surface area contributed by atoms with Gasteiger partial charge in [-0.05, 0) is 31.2 Å². The molecule has 1 aromatic carbocycles. The Morgan fingerprint density at radius 3 is 2.23 bits per heavy atom. The maximum Gasteiger partial charge on any atom is 0.416 e. The second-order valence-corrected chi connectivity index (χ2v) is 5.14. The average Bonchev–Trinajstić information content (AvgIpc) is 2.63. The lowest BCUT2D eigenvalue weighted by molar-refractivity contribution is -0.137. The highest BCUT2D eigenvalue weighted by Gasteiger charge is 2.29. The van der Waals surface area contributed by atoms with E-state index in [2.05, 4.69) is 25.3 Å². The minimum Gasteiger partial charge on any atom is -0.464 e. The van der Waals surface area contributed by atoms with Crippen molar-refractivity contribution in [2.75, 3.05) is 11.9 Å². The molecule has 26 heavy (non-hydrogen) atoms. The highest BCUT2D eigenvalue weighted by atomic mass is 19.4. The summed E-state index contributed by atoms with van der Waals surface area (Å²) in [5, 5.41) is 2.96. The summed E-state index contributed by atoms with van der Waals surface area (Å²) in [6, 6.07) is 4.90. The number of rotatable bonds is 5. The third kappa shape index (κ3) is 4.05. The lowest BCUT2D eigenvalue weighted by Gasteiger charge is -2.11. The molecule has 3 aromatic rings. The number of aromatic nitrogens is 4. The molecule has 9 heteroatoms. The van der Waals surface area contributed by atoms with Crippen molar-refractivity contribution in [3.8, 4) is 17.3 Å². The van der Waals surface area contributed by atoms with Crippen molar-refractivity contribution in [1.82, 2.24) is 19.9 Å². The molecule has 6 nitrogen and oxygen atoms in total. The Morgan fingerprint density at radius 1 is 0.962 bits per heavy atom. The Bertz CT molecular complexity index is 867. The van der Waals surface area contributed by atoms with Crippen LogP contribution in [0.4, 0.5) is 24.7 Å². The van der Waals surface area contributed by atoms with Crippen molar-refractivity contribution in [3.05, 3.63) is 54.6 Å². The average molecular weight is 361 g/mol. The van der Waals surface area contributed by atoms with Crippen molar-refractivity contribution in [2.24, 2.45) is 0 Å². The van der Waals surface area contributed by atoms with Gasteiger partial charge in [-0.3, -0.25) is 4.98 Å². The van der Waals surface area contributed by atoms with Crippen LogP contribution in [0.3, 0.4) is 0 Å². The van der Waals surface area contributed by atoms with Crippen LogP contribution in [-0.2, 0) is 6.18 Å². The number of benzene rings is 1. The molecule has 0 aliphatic rings. The maximum atomic E-state index is 12.7. The van der Waals surface area contributed by atoms with E-state index in [0.717, 1.165) is 12.1 Å². The molecule has 3 rings (SSSR count). The Balaban J connectivity index is 1.85. The molecule has 134 valence electrons. The van der Waals surface area contributed by atoms with Crippen LogP contribution in [0, 0.1) is 0 Å². The molecule has 0 saturated carbocycles. The van der Waals surface area contributed by atoms with Gasteiger partial charge in [-0.15, -0.1) is 0 Å². The van der Waals surface area contributed by atoms with E-state index in [1.165, 1.54) is 24.5 Å². The van der Waals surface area contributed by atoms with Gasteiger partial charge < -0.3 is 10.1 Å². The van der Waals surface area contributed by atoms with Crippen molar-refractivity contribution < 1.29 is 17.9 Å². The van der Waals surface area contributed by atoms with E-state index in [1.807, 2.05) is 6.92 Å². The first-order valence-corrected chi connectivity index (χ1v) is 7.68. The molecule has 0 aliphatic heterocycles. The summed E-state index contributed by atoms with van der Waals surface area (Å²) in [5.74, 6) is 0.375. The fraction of sp³-hybridized carbons (Fsp3) is 0.176. The molecule has 0 atom stereocenters. The molecule has 0 bridgehead atoms. The fourth-order valence-electron chi connectivity index (χ4n) is 2.16. The third-order valence-electron chi connectivity index (χ3n) is 3.35. The van der Waals surface area contributed by atoms with E-state index in [0.29, 0.717) is 29.4 Å². The van der Waals surface area contributed by atoms with E-state index >= 15 is 0 Å². The molecular formula is C17H14F3N5O. The standard InChI is InChI=1S/C17H14F3N5O/c1-2-26-16-23-9-11(10-24-16)14-15(22-8-7-21-14)25-13-5-3-12(4-6-13)17(18,19)20/h3-10H,2H2,1H3,(H,22,25). The Hall–Kier alpha value is -3.23. The Labute approximate surface area is 147 Å². The van der Waals surface area contributed by atoms with Gasteiger partial charge in [0.15, 0.2) is 5.82 Å².